The van der Waals surface area contributed by atoms with Crippen LogP contribution in [0.4, 0.5) is 8.78 Å². The largest absolute Gasteiger partial charge is 0.489 e. The molecule has 0 spiro atoms. The van der Waals surface area contributed by atoms with Crippen molar-refractivity contribution in [3.05, 3.63) is 29.3 Å². The Hall–Kier alpha value is -2.55. The summed E-state index contributed by atoms with van der Waals surface area (Å²) >= 11 is 0. The fourth-order valence-corrected chi connectivity index (χ4v) is 5.48. The first-order chi connectivity index (χ1) is 15.3. The molecule has 1 aromatic carbocycles. The Morgan fingerprint density at radius 3 is 2.66 bits per heavy atom. The summed E-state index contributed by atoms with van der Waals surface area (Å²) in [5.41, 5.74) is 1.30. The summed E-state index contributed by atoms with van der Waals surface area (Å²) in [5.74, 6) is -2.99. The number of ether oxygens (including phenoxy) is 1. The van der Waals surface area contributed by atoms with Crippen molar-refractivity contribution in [3.63, 3.8) is 0 Å². The monoisotopic (exact) mass is 447 g/mol. The van der Waals surface area contributed by atoms with Crippen LogP contribution in [-0.4, -0.2) is 64.7 Å². The lowest BCUT2D eigenvalue weighted by molar-refractivity contribution is -0.136. The molecular formula is C23H27F2N3O4. The maximum Gasteiger partial charge on any atom is 0.261 e. The number of rotatable bonds is 4. The lowest BCUT2D eigenvalue weighted by atomic mass is 9.91. The van der Waals surface area contributed by atoms with Crippen LogP contribution in [0.3, 0.4) is 0 Å². The van der Waals surface area contributed by atoms with Gasteiger partial charge >= 0.3 is 0 Å². The molecular weight excluding hydrogens is 420 g/mol. The smallest absolute Gasteiger partial charge is 0.261 e. The number of imide groups is 1. The van der Waals surface area contributed by atoms with Crippen molar-refractivity contribution in [1.82, 2.24) is 15.1 Å². The number of nitrogens with one attached hydrogen (secondary N) is 1. The number of alkyl halides is 2. The third-order valence-electron chi connectivity index (χ3n) is 7.12. The highest BCUT2D eigenvalue weighted by molar-refractivity contribution is 6.05. The van der Waals surface area contributed by atoms with Crippen molar-refractivity contribution in [1.29, 1.82) is 0 Å². The van der Waals surface area contributed by atoms with Gasteiger partial charge in [-0.1, -0.05) is 6.42 Å². The van der Waals surface area contributed by atoms with Crippen LogP contribution in [0.25, 0.3) is 0 Å². The molecule has 3 aliphatic heterocycles. The third-order valence-corrected chi connectivity index (χ3v) is 7.12. The first-order valence-electron chi connectivity index (χ1n) is 11.4. The van der Waals surface area contributed by atoms with Gasteiger partial charge < -0.3 is 9.64 Å². The van der Waals surface area contributed by atoms with E-state index in [2.05, 4.69) is 5.32 Å². The van der Waals surface area contributed by atoms with E-state index in [1.165, 1.54) is 4.90 Å². The highest BCUT2D eigenvalue weighted by Crippen LogP contribution is 2.36. The molecule has 1 aromatic rings. The maximum absolute atomic E-state index is 13.8. The summed E-state index contributed by atoms with van der Waals surface area (Å²) < 4.78 is 33.8. The van der Waals surface area contributed by atoms with Gasteiger partial charge in [0.05, 0.1) is 6.54 Å². The molecule has 172 valence electrons. The van der Waals surface area contributed by atoms with Crippen LogP contribution in [0.15, 0.2) is 18.2 Å². The van der Waals surface area contributed by atoms with E-state index in [1.54, 1.807) is 12.1 Å². The van der Waals surface area contributed by atoms with E-state index in [9.17, 15) is 23.2 Å². The molecule has 1 saturated carbocycles. The Kier molecular flexibility index (Phi) is 5.39. The molecule has 1 unspecified atom stereocenters. The summed E-state index contributed by atoms with van der Waals surface area (Å²) in [5, 5.41) is 2.30. The van der Waals surface area contributed by atoms with Gasteiger partial charge in [-0.3, -0.25) is 24.6 Å². The minimum absolute atomic E-state index is 0.0352. The van der Waals surface area contributed by atoms with Crippen LogP contribution in [0.2, 0.25) is 0 Å². The molecule has 2 saturated heterocycles. The molecule has 1 N–H and O–H groups in total. The molecule has 7 nitrogen and oxygen atoms in total. The SMILES string of the molecule is O=C1CCC(N2Cc3cc(O[C@@H]4CCCC[C@@H]4N4CCC(F)(F)C4)ccc3C2=O)C(=O)N1. The van der Waals surface area contributed by atoms with Crippen molar-refractivity contribution in [3.8, 4) is 5.75 Å². The Bertz CT molecular complexity index is 953. The number of amides is 3. The number of hydrogen-bond donors (Lipinski definition) is 1. The Balaban J connectivity index is 1.29. The van der Waals surface area contributed by atoms with E-state index in [4.69, 9.17) is 4.74 Å². The molecule has 5 rings (SSSR count). The van der Waals surface area contributed by atoms with Crippen LogP contribution in [0, 0.1) is 0 Å². The molecule has 3 atom stereocenters. The number of likely N-dealkylation sites (tertiary alicyclic amines) is 1. The van der Waals surface area contributed by atoms with E-state index in [0.29, 0.717) is 24.3 Å². The normalized spacial score (nSPS) is 30.4. The second-order valence-electron chi connectivity index (χ2n) is 9.30. The fraction of sp³-hybridized carbons (Fsp3) is 0.609. The van der Waals surface area contributed by atoms with Crippen LogP contribution in [0.1, 0.15) is 60.9 Å². The van der Waals surface area contributed by atoms with Crippen molar-refractivity contribution in [2.45, 2.75) is 75.6 Å². The number of carbonyl (C=O) groups is 3. The van der Waals surface area contributed by atoms with E-state index < -0.39 is 17.9 Å². The van der Waals surface area contributed by atoms with Gasteiger partial charge in [0.2, 0.25) is 11.8 Å². The Morgan fingerprint density at radius 1 is 1.09 bits per heavy atom. The number of piperidine rings is 1. The molecule has 0 radical (unpaired) electrons. The van der Waals surface area contributed by atoms with Crippen molar-refractivity contribution in [2.75, 3.05) is 13.1 Å². The maximum atomic E-state index is 13.8. The van der Waals surface area contributed by atoms with Crippen molar-refractivity contribution >= 4 is 17.7 Å². The second-order valence-corrected chi connectivity index (χ2v) is 9.30. The molecule has 9 heteroatoms. The molecule has 32 heavy (non-hydrogen) atoms. The summed E-state index contributed by atoms with van der Waals surface area (Å²) in [6, 6.07) is 4.59. The van der Waals surface area contributed by atoms with Gasteiger partial charge in [0.1, 0.15) is 17.9 Å². The molecule has 4 aliphatic rings. The highest BCUT2D eigenvalue weighted by Gasteiger charge is 2.44. The minimum Gasteiger partial charge on any atom is -0.489 e. The summed E-state index contributed by atoms with van der Waals surface area (Å²) in [7, 11) is 0. The molecule has 0 bridgehead atoms. The Labute approximate surface area is 185 Å². The first-order valence-corrected chi connectivity index (χ1v) is 11.4. The van der Waals surface area contributed by atoms with Crippen LogP contribution in [0.5, 0.6) is 5.75 Å². The van der Waals surface area contributed by atoms with E-state index in [0.717, 1.165) is 31.2 Å². The van der Waals surface area contributed by atoms with Gasteiger partial charge in [-0.05, 0) is 49.4 Å². The number of benzene rings is 1. The lowest BCUT2D eigenvalue weighted by Gasteiger charge is -2.37. The average molecular weight is 447 g/mol. The van der Waals surface area contributed by atoms with Gasteiger partial charge in [0.25, 0.3) is 11.8 Å². The standard InChI is InChI=1S/C23H27F2N3O4/c24-23(25)9-10-27(13-23)17-3-1-2-4-19(17)32-15-5-6-16-14(11-15)12-28(22(16)31)18-7-8-20(29)26-21(18)30/h5-6,11,17-19H,1-4,7-10,12-13H2,(H,26,29,30)/t17-,18?,19+/m0/s1. The predicted octanol–water partition coefficient (Wildman–Crippen LogP) is 2.48. The van der Waals surface area contributed by atoms with Gasteiger partial charge in [-0.25, -0.2) is 8.78 Å². The lowest BCUT2D eigenvalue weighted by Crippen LogP contribution is -2.52. The van der Waals surface area contributed by atoms with Crippen molar-refractivity contribution < 1.29 is 27.9 Å². The van der Waals surface area contributed by atoms with Gasteiger partial charge in [-0.15, -0.1) is 0 Å². The van der Waals surface area contributed by atoms with Crippen LogP contribution >= 0.6 is 0 Å². The summed E-state index contributed by atoms with van der Waals surface area (Å²) in [6.45, 7) is 0.457. The first kappa shape index (κ1) is 21.3. The minimum atomic E-state index is -2.63. The number of hydrogen-bond acceptors (Lipinski definition) is 5. The van der Waals surface area contributed by atoms with Gasteiger partial charge in [0.15, 0.2) is 0 Å². The molecule has 1 aliphatic carbocycles. The van der Waals surface area contributed by atoms with Crippen molar-refractivity contribution in [2.24, 2.45) is 0 Å². The fourth-order valence-electron chi connectivity index (χ4n) is 5.48. The number of halogens is 2. The zero-order valence-electron chi connectivity index (χ0n) is 17.8. The van der Waals surface area contributed by atoms with E-state index >= 15 is 0 Å². The molecule has 3 heterocycles. The molecule has 3 fully saturated rings. The van der Waals surface area contributed by atoms with E-state index in [1.807, 2.05) is 11.0 Å². The Morgan fingerprint density at radius 2 is 1.91 bits per heavy atom. The number of fused-ring (bicyclic) bond motifs is 1. The molecule has 3 amide bonds. The topological polar surface area (TPSA) is 79.0 Å². The zero-order valence-corrected chi connectivity index (χ0v) is 17.8. The average Bonchev–Trinajstić information content (AvgIpc) is 3.27. The summed E-state index contributed by atoms with van der Waals surface area (Å²) in [4.78, 5) is 39.9. The number of nitrogens with zero attached hydrogens (tertiary/aromatic N) is 2. The van der Waals surface area contributed by atoms with Crippen LogP contribution < -0.4 is 10.1 Å². The number of carbonyl (C=O) groups excluding carboxylic acids is 3. The summed E-state index contributed by atoms with van der Waals surface area (Å²) in [6.07, 6.45) is 3.91. The van der Waals surface area contributed by atoms with Gasteiger partial charge in [0, 0.05) is 37.5 Å². The van der Waals surface area contributed by atoms with Gasteiger partial charge in [-0.2, -0.15) is 0 Å². The second kappa shape index (κ2) is 8.10. The highest BCUT2D eigenvalue weighted by atomic mass is 19.3. The molecule has 0 aromatic heterocycles. The van der Waals surface area contributed by atoms with E-state index in [-0.39, 0.29) is 49.9 Å². The third kappa shape index (κ3) is 3.98. The predicted molar refractivity (Wildman–Crippen MR) is 110 cm³/mol. The zero-order chi connectivity index (χ0) is 22.5. The van der Waals surface area contributed by atoms with Crippen LogP contribution in [-0.2, 0) is 16.1 Å². The quantitative estimate of drug-likeness (QED) is 0.718.